The number of ether oxygens (including phenoxy) is 2. The minimum Gasteiger partial charge on any atom is -0.490 e. The van der Waals surface area contributed by atoms with E-state index in [1.165, 1.54) is 11.1 Å². The summed E-state index contributed by atoms with van der Waals surface area (Å²) in [6, 6.07) is 14.5. The quantitative estimate of drug-likeness (QED) is 0.623. The Bertz CT molecular complexity index is 859. The van der Waals surface area contributed by atoms with Crippen LogP contribution < -0.4 is 14.8 Å². The van der Waals surface area contributed by atoms with Gasteiger partial charge in [-0.05, 0) is 76.9 Å². The number of nitrogens with zero attached hydrogens (tertiary/aromatic N) is 1. The maximum absolute atomic E-state index is 12.9. The van der Waals surface area contributed by atoms with E-state index in [9.17, 15) is 4.79 Å². The van der Waals surface area contributed by atoms with E-state index in [-0.39, 0.29) is 17.9 Å². The number of piperidine rings is 1. The van der Waals surface area contributed by atoms with Gasteiger partial charge in [-0.1, -0.05) is 35.9 Å². The molecule has 2 aromatic carbocycles. The average molecular weight is 425 g/mol. The molecular weight excluding hydrogens is 388 g/mol. The molecule has 0 bridgehead atoms. The molecule has 1 fully saturated rings. The van der Waals surface area contributed by atoms with Crippen molar-refractivity contribution >= 4 is 5.91 Å². The highest BCUT2D eigenvalue weighted by atomic mass is 16.5. The van der Waals surface area contributed by atoms with Crippen molar-refractivity contribution in [3.63, 3.8) is 0 Å². The third-order valence-electron chi connectivity index (χ3n) is 5.87. The van der Waals surface area contributed by atoms with Gasteiger partial charge in [0.05, 0.1) is 19.3 Å². The van der Waals surface area contributed by atoms with Crippen molar-refractivity contribution in [1.82, 2.24) is 10.2 Å². The van der Waals surface area contributed by atoms with Gasteiger partial charge in [-0.15, -0.1) is 0 Å². The van der Waals surface area contributed by atoms with Gasteiger partial charge in [0, 0.05) is 12.5 Å². The van der Waals surface area contributed by atoms with Gasteiger partial charge in [0.15, 0.2) is 11.5 Å². The fourth-order valence-corrected chi connectivity index (χ4v) is 4.17. The summed E-state index contributed by atoms with van der Waals surface area (Å²) in [5.41, 5.74) is 3.66. The Morgan fingerprint density at radius 2 is 1.77 bits per heavy atom. The van der Waals surface area contributed by atoms with E-state index in [0.29, 0.717) is 13.2 Å². The van der Waals surface area contributed by atoms with Gasteiger partial charge in [0.2, 0.25) is 5.91 Å². The lowest BCUT2D eigenvalue weighted by molar-refractivity contribution is -0.127. The van der Waals surface area contributed by atoms with Gasteiger partial charge >= 0.3 is 0 Å². The van der Waals surface area contributed by atoms with Crippen LogP contribution in [0.5, 0.6) is 11.5 Å². The van der Waals surface area contributed by atoms with Crippen LogP contribution in [0.15, 0.2) is 42.5 Å². The number of nitrogens with one attached hydrogen (secondary N) is 1. The van der Waals surface area contributed by atoms with Crippen molar-refractivity contribution < 1.29 is 14.3 Å². The van der Waals surface area contributed by atoms with E-state index in [1.54, 1.807) is 0 Å². The van der Waals surface area contributed by atoms with Gasteiger partial charge in [-0.25, -0.2) is 0 Å². The van der Waals surface area contributed by atoms with Crippen molar-refractivity contribution in [2.75, 3.05) is 26.3 Å². The minimum absolute atomic E-state index is 0.0743. The summed E-state index contributed by atoms with van der Waals surface area (Å²) in [4.78, 5) is 15.3. The first-order chi connectivity index (χ1) is 15.0. The van der Waals surface area contributed by atoms with Crippen LogP contribution in [0.4, 0.5) is 0 Å². The zero-order valence-electron chi connectivity index (χ0n) is 19.3. The van der Waals surface area contributed by atoms with Crippen molar-refractivity contribution in [3.8, 4) is 11.5 Å². The normalized spacial score (nSPS) is 16.0. The first-order valence-electron chi connectivity index (χ1n) is 11.5. The highest BCUT2D eigenvalue weighted by molar-refractivity contribution is 5.79. The van der Waals surface area contributed by atoms with Crippen LogP contribution in [0.2, 0.25) is 0 Å². The summed E-state index contributed by atoms with van der Waals surface area (Å²) in [7, 11) is 0. The van der Waals surface area contributed by atoms with Gasteiger partial charge in [0.25, 0.3) is 0 Å². The first-order valence-corrected chi connectivity index (χ1v) is 11.5. The molecule has 1 saturated heterocycles. The molecule has 0 aliphatic carbocycles. The van der Waals surface area contributed by atoms with Crippen molar-refractivity contribution in [2.24, 2.45) is 5.92 Å². The Kier molecular flexibility index (Phi) is 8.35. The second-order valence-electron chi connectivity index (χ2n) is 8.34. The molecule has 1 heterocycles. The fourth-order valence-electron chi connectivity index (χ4n) is 4.17. The highest BCUT2D eigenvalue weighted by Crippen LogP contribution is 2.31. The zero-order valence-corrected chi connectivity index (χ0v) is 19.3. The van der Waals surface area contributed by atoms with Crippen LogP contribution >= 0.6 is 0 Å². The average Bonchev–Trinajstić information content (AvgIpc) is 2.75. The van der Waals surface area contributed by atoms with E-state index in [1.807, 2.05) is 39.0 Å². The second kappa shape index (κ2) is 11.2. The monoisotopic (exact) mass is 424 g/mol. The van der Waals surface area contributed by atoms with E-state index < -0.39 is 0 Å². The van der Waals surface area contributed by atoms with E-state index in [2.05, 4.69) is 41.4 Å². The molecule has 1 amide bonds. The number of hydrogen-bond donors (Lipinski definition) is 1. The molecule has 5 heteroatoms. The number of aryl methyl sites for hydroxylation is 1. The lowest BCUT2D eigenvalue weighted by Gasteiger charge is -2.32. The van der Waals surface area contributed by atoms with Crippen LogP contribution in [-0.2, 0) is 11.3 Å². The van der Waals surface area contributed by atoms with Gasteiger partial charge in [-0.3, -0.25) is 9.69 Å². The molecule has 0 radical (unpaired) electrons. The van der Waals surface area contributed by atoms with E-state index >= 15 is 0 Å². The first kappa shape index (κ1) is 23.1. The summed E-state index contributed by atoms with van der Waals surface area (Å²) in [5.74, 6) is 1.69. The summed E-state index contributed by atoms with van der Waals surface area (Å²) < 4.78 is 11.4. The Morgan fingerprint density at radius 3 is 2.45 bits per heavy atom. The molecule has 5 nitrogen and oxygen atoms in total. The lowest BCUT2D eigenvalue weighted by atomic mass is 9.94. The molecule has 3 rings (SSSR count). The molecule has 1 aliphatic heterocycles. The number of carbonyl (C=O) groups excluding carboxylic acids is 1. The number of rotatable bonds is 9. The van der Waals surface area contributed by atoms with Crippen LogP contribution in [0.25, 0.3) is 0 Å². The lowest BCUT2D eigenvalue weighted by Crippen LogP contribution is -2.40. The predicted octanol–water partition coefficient (Wildman–Crippen LogP) is 4.88. The Hall–Kier alpha value is -2.53. The third-order valence-corrected chi connectivity index (χ3v) is 5.87. The number of likely N-dealkylation sites (tertiary alicyclic amines) is 1. The molecule has 1 aliphatic rings. The Balaban J connectivity index is 1.53. The van der Waals surface area contributed by atoms with Crippen LogP contribution in [0.1, 0.15) is 56.3 Å². The molecule has 0 aromatic heterocycles. The maximum Gasteiger partial charge on any atom is 0.223 e. The van der Waals surface area contributed by atoms with Crippen LogP contribution in [0, 0.1) is 12.8 Å². The maximum atomic E-state index is 12.9. The van der Waals surface area contributed by atoms with Gasteiger partial charge in [0.1, 0.15) is 0 Å². The summed E-state index contributed by atoms with van der Waals surface area (Å²) in [6.07, 6.45) is 1.80. The highest BCUT2D eigenvalue weighted by Gasteiger charge is 2.26. The summed E-state index contributed by atoms with van der Waals surface area (Å²) in [6.45, 7) is 12.1. The molecule has 2 aromatic rings. The Labute approximate surface area is 186 Å². The number of carbonyl (C=O) groups is 1. The molecule has 168 valence electrons. The minimum atomic E-state index is -0.0762. The molecule has 1 atom stereocenters. The molecule has 0 spiro atoms. The molecule has 1 N–H and O–H groups in total. The van der Waals surface area contributed by atoms with E-state index in [0.717, 1.165) is 49.5 Å². The van der Waals surface area contributed by atoms with Crippen molar-refractivity contribution in [1.29, 1.82) is 0 Å². The van der Waals surface area contributed by atoms with Crippen molar-refractivity contribution in [2.45, 2.75) is 53.1 Å². The topological polar surface area (TPSA) is 50.8 Å². The number of benzene rings is 2. The van der Waals surface area contributed by atoms with Crippen LogP contribution in [0.3, 0.4) is 0 Å². The predicted molar refractivity (Wildman–Crippen MR) is 125 cm³/mol. The number of hydrogen-bond acceptors (Lipinski definition) is 4. The molecule has 0 saturated carbocycles. The molecule has 0 unspecified atom stereocenters. The standard InChI is InChI=1S/C26H36N2O3/c1-5-30-24-11-10-23(17-25(24)31-6-2)20(4)27-26(29)22-12-14-28(15-13-22)18-21-9-7-8-19(3)16-21/h7-11,16-17,20,22H,5-6,12-15,18H2,1-4H3,(H,27,29)/t20-/m1/s1. The third kappa shape index (κ3) is 6.47. The number of amides is 1. The molecular formula is C26H36N2O3. The van der Waals surface area contributed by atoms with Gasteiger partial charge < -0.3 is 14.8 Å². The van der Waals surface area contributed by atoms with E-state index in [4.69, 9.17) is 9.47 Å². The summed E-state index contributed by atoms with van der Waals surface area (Å²) >= 11 is 0. The largest absolute Gasteiger partial charge is 0.490 e. The fraction of sp³-hybridized carbons (Fsp3) is 0.500. The SMILES string of the molecule is CCOc1ccc([C@@H](C)NC(=O)C2CCN(Cc3cccc(C)c3)CC2)cc1OCC. The molecule has 31 heavy (non-hydrogen) atoms. The Morgan fingerprint density at radius 1 is 1.06 bits per heavy atom. The van der Waals surface area contributed by atoms with Crippen LogP contribution in [-0.4, -0.2) is 37.1 Å². The van der Waals surface area contributed by atoms with Gasteiger partial charge in [-0.2, -0.15) is 0 Å². The summed E-state index contributed by atoms with van der Waals surface area (Å²) in [5, 5.41) is 3.20. The smallest absolute Gasteiger partial charge is 0.223 e. The zero-order chi connectivity index (χ0) is 22.2. The van der Waals surface area contributed by atoms with Crippen molar-refractivity contribution in [3.05, 3.63) is 59.2 Å². The second-order valence-corrected chi connectivity index (χ2v) is 8.34.